The maximum Gasteiger partial charge on any atom is 0.0567 e. The maximum atomic E-state index is 6.03. The highest BCUT2D eigenvalue weighted by atomic mass is 35.5. The van der Waals surface area contributed by atoms with E-state index < -0.39 is 0 Å². The smallest absolute Gasteiger partial charge is 0.0567 e. The van der Waals surface area contributed by atoms with Crippen molar-refractivity contribution in [2.75, 3.05) is 13.1 Å². The van der Waals surface area contributed by atoms with Crippen molar-refractivity contribution in [1.29, 1.82) is 0 Å². The fraction of sp³-hybridized carbons (Fsp3) is 0.333. The fourth-order valence-electron chi connectivity index (χ4n) is 2.73. The Balaban J connectivity index is 1.83. The molecule has 0 spiro atoms. The van der Waals surface area contributed by atoms with Gasteiger partial charge >= 0.3 is 0 Å². The summed E-state index contributed by atoms with van der Waals surface area (Å²) in [6, 6.07) is 11.0. The van der Waals surface area contributed by atoms with Gasteiger partial charge < -0.3 is 5.73 Å². The fourth-order valence-corrected chi connectivity index (χ4v) is 3.96. The standard InChI is InChI=1S/C15H17ClN2S/c16-13-7-15(19-10-13)14(8-17)18-6-5-11-3-1-2-4-12(11)9-18/h1-4,7,10,14H,5-6,8-9,17H2. The molecule has 0 bridgehead atoms. The van der Waals surface area contributed by atoms with Gasteiger partial charge in [-0.3, -0.25) is 4.90 Å². The first-order chi connectivity index (χ1) is 9.28. The summed E-state index contributed by atoms with van der Waals surface area (Å²) in [6.45, 7) is 2.68. The number of fused-ring (bicyclic) bond motifs is 1. The molecule has 0 radical (unpaired) electrons. The predicted octanol–water partition coefficient (Wildman–Crippen LogP) is 3.46. The molecule has 1 aromatic heterocycles. The summed E-state index contributed by atoms with van der Waals surface area (Å²) in [4.78, 5) is 3.73. The molecule has 2 aromatic rings. The number of nitrogens with zero attached hydrogens (tertiary/aromatic N) is 1. The minimum atomic E-state index is 0.283. The molecule has 1 atom stereocenters. The molecule has 0 saturated heterocycles. The third-order valence-electron chi connectivity index (χ3n) is 3.74. The molecule has 0 fully saturated rings. The van der Waals surface area contributed by atoms with E-state index in [1.807, 2.05) is 11.4 Å². The number of nitrogens with two attached hydrogens (primary N) is 1. The van der Waals surface area contributed by atoms with Gasteiger partial charge in [0.25, 0.3) is 0 Å². The minimum absolute atomic E-state index is 0.283. The lowest BCUT2D eigenvalue weighted by Gasteiger charge is -2.34. The Hall–Kier alpha value is -0.870. The number of benzene rings is 1. The Morgan fingerprint density at radius 2 is 2.11 bits per heavy atom. The maximum absolute atomic E-state index is 6.03. The van der Waals surface area contributed by atoms with E-state index in [0.717, 1.165) is 24.5 Å². The van der Waals surface area contributed by atoms with E-state index in [2.05, 4.69) is 29.2 Å². The van der Waals surface area contributed by atoms with Gasteiger partial charge in [-0.25, -0.2) is 0 Å². The van der Waals surface area contributed by atoms with E-state index in [0.29, 0.717) is 6.54 Å². The minimum Gasteiger partial charge on any atom is -0.329 e. The second-order valence-corrected chi connectivity index (χ2v) is 6.29. The third kappa shape index (κ3) is 2.70. The van der Waals surface area contributed by atoms with Crippen LogP contribution in [0.4, 0.5) is 0 Å². The summed E-state index contributed by atoms with van der Waals surface area (Å²) in [5.41, 5.74) is 8.88. The quantitative estimate of drug-likeness (QED) is 0.939. The van der Waals surface area contributed by atoms with Crippen LogP contribution in [-0.2, 0) is 13.0 Å². The molecule has 2 nitrogen and oxygen atoms in total. The van der Waals surface area contributed by atoms with Crippen LogP contribution in [0.15, 0.2) is 35.7 Å². The summed E-state index contributed by atoms with van der Waals surface area (Å²) in [5, 5.41) is 2.80. The normalized spacial score (nSPS) is 17.2. The molecule has 2 N–H and O–H groups in total. The van der Waals surface area contributed by atoms with E-state index in [9.17, 15) is 0 Å². The molecular weight excluding hydrogens is 276 g/mol. The zero-order valence-electron chi connectivity index (χ0n) is 10.7. The van der Waals surface area contributed by atoms with Gasteiger partial charge in [0.05, 0.1) is 11.1 Å². The van der Waals surface area contributed by atoms with E-state index in [4.69, 9.17) is 17.3 Å². The van der Waals surface area contributed by atoms with E-state index in [1.54, 1.807) is 11.3 Å². The first-order valence-electron chi connectivity index (χ1n) is 6.53. The van der Waals surface area contributed by atoms with Crippen LogP contribution in [0.5, 0.6) is 0 Å². The van der Waals surface area contributed by atoms with E-state index in [-0.39, 0.29) is 6.04 Å². The average molecular weight is 293 g/mol. The van der Waals surface area contributed by atoms with Crippen molar-refractivity contribution < 1.29 is 0 Å². The lowest BCUT2D eigenvalue weighted by atomic mass is 9.98. The zero-order valence-corrected chi connectivity index (χ0v) is 12.3. The van der Waals surface area contributed by atoms with Crippen molar-refractivity contribution in [3.63, 3.8) is 0 Å². The van der Waals surface area contributed by atoms with Gasteiger partial charge in [0, 0.05) is 29.9 Å². The summed E-state index contributed by atoms with van der Waals surface area (Å²) < 4.78 is 0. The Bertz CT molecular complexity index is 567. The summed E-state index contributed by atoms with van der Waals surface area (Å²) in [7, 11) is 0. The largest absolute Gasteiger partial charge is 0.329 e. The highest BCUT2D eigenvalue weighted by Gasteiger charge is 2.24. The van der Waals surface area contributed by atoms with E-state index >= 15 is 0 Å². The van der Waals surface area contributed by atoms with Crippen LogP contribution in [-0.4, -0.2) is 18.0 Å². The molecule has 1 aliphatic heterocycles. The van der Waals surface area contributed by atoms with Crippen molar-refractivity contribution in [2.24, 2.45) is 5.73 Å². The van der Waals surface area contributed by atoms with Crippen molar-refractivity contribution in [3.8, 4) is 0 Å². The highest BCUT2D eigenvalue weighted by molar-refractivity contribution is 7.10. The van der Waals surface area contributed by atoms with Gasteiger partial charge in [0.2, 0.25) is 0 Å². The molecule has 0 amide bonds. The van der Waals surface area contributed by atoms with Crippen LogP contribution in [0.25, 0.3) is 0 Å². The van der Waals surface area contributed by atoms with Crippen LogP contribution in [0, 0.1) is 0 Å². The second kappa shape index (κ2) is 5.63. The van der Waals surface area contributed by atoms with Crippen molar-refractivity contribution >= 4 is 22.9 Å². The molecule has 0 saturated carbocycles. The van der Waals surface area contributed by atoms with Crippen LogP contribution in [0.3, 0.4) is 0 Å². The van der Waals surface area contributed by atoms with Crippen molar-refractivity contribution in [1.82, 2.24) is 4.90 Å². The molecule has 1 aromatic carbocycles. The van der Waals surface area contributed by atoms with Crippen molar-refractivity contribution in [3.05, 3.63) is 56.7 Å². The first kappa shape index (κ1) is 13.1. The topological polar surface area (TPSA) is 29.3 Å². The molecule has 2 heterocycles. The van der Waals surface area contributed by atoms with Crippen LogP contribution in [0.2, 0.25) is 5.02 Å². The molecule has 1 unspecified atom stereocenters. The molecule has 100 valence electrons. The lowest BCUT2D eigenvalue weighted by Crippen LogP contribution is -2.37. The summed E-state index contributed by atoms with van der Waals surface area (Å²) in [6.07, 6.45) is 1.10. The van der Waals surface area contributed by atoms with Gasteiger partial charge in [-0.2, -0.15) is 0 Å². The monoisotopic (exact) mass is 292 g/mol. The molecule has 0 aliphatic carbocycles. The van der Waals surface area contributed by atoms with Gasteiger partial charge in [0.1, 0.15) is 0 Å². The van der Waals surface area contributed by atoms with E-state index in [1.165, 1.54) is 16.0 Å². The van der Waals surface area contributed by atoms with Crippen LogP contribution in [0.1, 0.15) is 22.0 Å². The van der Waals surface area contributed by atoms with Gasteiger partial charge in [-0.1, -0.05) is 35.9 Å². The Labute approximate surface area is 122 Å². The molecule has 4 heteroatoms. The van der Waals surface area contributed by atoms with Crippen molar-refractivity contribution in [2.45, 2.75) is 19.0 Å². The number of hydrogen-bond donors (Lipinski definition) is 1. The van der Waals surface area contributed by atoms with Crippen LogP contribution >= 0.6 is 22.9 Å². The average Bonchev–Trinajstić information content (AvgIpc) is 2.86. The second-order valence-electron chi connectivity index (χ2n) is 4.91. The Morgan fingerprint density at radius 1 is 1.32 bits per heavy atom. The molecular formula is C15H17ClN2S. The van der Waals surface area contributed by atoms with Crippen LogP contribution < -0.4 is 5.73 Å². The Morgan fingerprint density at radius 3 is 2.79 bits per heavy atom. The molecule has 19 heavy (non-hydrogen) atoms. The van der Waals surface area contributed by atoms with Gasteiger partial charge in [-0.05, 0) is 23.6 Å². The third-order valence-corrected chi connectivity index (χ3v) is 5.12. The SMILES string of the molecule is NCC(c1cc(Cl)cs1)N1CCc2ccccc2C1. The first-order valence-corrected chi connectivity index (χ1v) is 7.78. The highest BCUT2D eigenvalue weighted by Crippen LogP contribution is 2.32. The number of rotatable bonds is 3. The molecule has 3 rings (SSSR count). The predicted molar refractivity (Wildman–Crippen MR) is 81.7 cm³/mol. The Kier molecular flexibility index (Phi) is 3.89. The summed E-state index contributed by atoms with van der Waals surface area (Å²) >= 11 is 7.74. The summed E-state index contributed by atoms with van der Waals surface area (Å²) in [5.74, 6) is 0. The molecule has 1 aliphatic rings. The van der Waals surface area contributed by atoms with Gasteiger partial charge in [0.15, 0.2) is 0 Å². The number of halogens is 1. The zero-order chi connectivity index (χ0) is 13.2. The lowest BCUT2D eigenvalue weighted by molar-refractivity contribution is 0.186. The van der Waals surface area contributed by atoms with Gasteiger partial charge in [-0.15, -0.1) is 11.3 Å². The number of thiophene rings is 1. The number of hydrogen-bond acceptors (Lipinski definition) is 3.